The van der Waals surface area contributed by atoms with Crippen molar-refractivity contribution in [3.63, 3.8) is 0 Å². The average molecular weight is 376 g/mol. The van der Waals surface area contributed by atoms with Crippen LogP contribution < -0.4 is 15.4 Å². The number of para-hydroxylation sites is 1. The summed E-state index contributed by atoms with van der Waals surface area (Å²) in [6.45, 7) is 3.78. The molecule has 26 heavy (non-hydrogen) atoms. The molecule has 0 aromatic heterocycles. The molecule has 0 fully saturated rings. The number of carbonyl (C=O) groups is 1. The molecule has 0 heterocycles. The van der Waals surface area contributed by atoms with Crippen LogP contribution in [0.1, 0.15) is 18.9 Å². The lowest BCUT2D eigenvalue weighted by Crippen LogP contribution is -2.18. The Balaban J connectivity index is 1.84. The van der Waals surface area contributed by atoms with Crippen molar-refractivity contribution < 1.29 is 17.9 Å². The fourth-order valence-corrected chi connectivity index (χ4v) is 2.94. The summed E-state index contributed by atoms with van der Waals surface area (Å²) < 4.78 is 28.3. The number of amides is 1. The smallest absolute Gasteiger partial charge is 0.227 e. The second-order valence-electron chi connectivity index (χ2n) is 5.83. The molecule has 0 aliphatic rings. The van der Waals surface area contributed by atoms with Gasteiger partial charge in [0.15, 0.2) is 9.84 Å². The molecule has 0 atom stereocenters. The average Bonchev–Trinajstić information content (AvgIpc) is 2.60. The minimum atomic E-state index is -3.22. The van der Waals surface area contributed by atoms with Crippen LogP contribution in [0.4, 0.5) is 5.69 Å². The lowest BCUT2D eigenvalue weighted by atomic mass is 10.1. The number of hydrogen-bond acceptors (Lipinski definition) is 5. The number of rotatable bonds is 9. The molecule has 140 valence electrons. The van der Waals surface area contributed by atoms with E-state index in [2.05, 4.69) is 10.6 Å². The maximum Gasteiger partial charge on any atom is 0.227 e. The van der Waals surface area contributed by atoms with Crippen LogP contribution in [0, 0.1) is 0 Å². The van der Waals surface area contributed by atoms with E-state index in [1.807, 2.05) is 31.2 Å². The minimum absolute atomic E-state index is 0.137. The van der Waals surface area contributed by atoms with Gasteiger partial charge in [-0.3, -0.25) is 4.79 Å². The van der Waals surface area contributed by atoms with Gasteiger partial charge in [-0.1, -0.05) is 25.1 Å². The predicted octanol–water partition coefficient (Wildman–Crippen LogP) is 2.61. The topological polar surface area (TPSA) is 84.5 Å². The van der Waals surface area contributed by atoms with Crippen LogP contribution in [0.3, 0.4) is 0 Å². The van der Waals surface area contributed by atoms with Crippen LogP contribution >= 0.6 is 0 Å². The minimum Gasteiger partial charge on any atom is -0.493 e. The molecular weight excluding hydrogens is 352 g/mol. The molecule has 0 spiro atoms. The first-order valence-corrected chi connectivity index (χ1v) is 10.3. The number of hydrogen-bond donors (Lipinski definition) is 2. The molecule has 0 saturated carbocycles. The van der Waals surface area contributed by atoms with E-state index in [4.69, 9.17) is 4.74 Å². The SMILES string of the molecule is CCNCc1ccccc1NC(=O)CCOc1ccc(S(C)(=O)=O)cc1. The van der Waals surface area contributed by atoms with E-state index in [1.54, 1.807) is 12.1 Å². The molecule has 0 saturated heterocycles. The van der Waals surface area contributed by atoms with Crippen LogP contribution in [0.5, 0.6) is 5.75 Å². The quantitative estimate of drug-likeness (QED) is 0.703. The molecule has 0 radical (unpaired) electrons. The Morgan fingerprint density at radius 1 is 1.08 bits per heavy atom. The first-order valence-electron chi connectivity index (χ1n) is 8.41. The first kappa shape index (κ1) is 19.9. The molecule has 2 aromatic carbocycles. The van der Waals surface area contributed by atoms with Gasteiger partial charge in [0.1, 0.15) is 5.75 Å². The van der Waals surface area contributed by atoms with Crippen LogP contribution in [0.25, 0.3) is 0 Å². The fourth-order valence-electron chi connectivity index (χ4n) is 2.31. The van der Waals surface area contributed by atoms with E-state index in [-0.39, 0.29) is 23.8 Å². The van der Waals surface area contributed by atoms with E-state index in [9.17, 15) is 13.2 Å². The zero-order chi connectivity index (χ0) is 19.0. The summed E-state index contributed by atoms with van der Waals surface area (Å²) in [5.41, 5.74) is 1.82. The maximum absolute atomic E-state index is 12.1. The third-order valence-corrected chi connectivity index (χ3v) is 4.84. The second kappa shape index (κ2) is 9.35. The van der Waals surface area contributed by atoms with Crippen molar-refractivity contribution in [2.75, 3.05) is 24.7 Å². The molecule has 2 N–H and O–H groups in total. The van der Waals surface area contributed by atoms with Gasteiger partial charge in [-0.15, -0.1) is 0 Å². The molecule has 0 unspecified atom stereocenters. The monoisotopic (exact) mass is 376 g/mol. The first-order chi connectivity index (χ1) is 12.4. The number of anilines is 1. The summed E-state index contributed by atoms with van der Waals surface area (Å²) in [6.07, 6.45) is 1.35. The molecule has 2 aromatic rings. The zero-order valence-electron chi connectivity index (χ0n) is 15.0. The molecule has 0 aliphatic carbocycles. The molecule has 2 rings (SSSR count). The summed E-state index contributed by atoms with van der Waals surface area (Å²) in [6, 6.07) is 13.8. The van der Waals surface area contributed by atoms with Crippen LogP contribution in [0.2, 0.25) is 0 Å². The molecular formula is C19H24N2O4S. The van der Waals surface area contributed by atoms with E-state index >= 15 is 0 Å². The summed E-state index contributed by atoms with van der Waals surface area (Å²) in [4.78, 5) is 12.4. The van der Waals surface area contributed by atoms with Crippen molar-refractivity contribution in [3.8, 4) is 5.75 Å². The third kappa shape index (κ3) is 6.16. The predicted molar refractivity (Wildman–Crippen MR) is 102 cm³/mol. The highest BCUT2D eigenvalue weighted by atomic mass is 32.2. The van der Waals surface area contributed by atoms with Gasteiger partial charge in [0.25, 0.3) is 0 Å². The fraction of sp³-hybridized carbons (Fsp3) is 0.316. The van der Waals surface area contributed by atoms with Gasteiger partial charge in [0, 0.05) is 18.5 Å². The highest BCUT2D eigenvalue weighted by Crippen LogP contribution is 2.17. The normalized spacial score (nSPS) is 11.2. The maximum atomic E-state index is 12.1. The van der Waals surface area contributed by atoms with Crippen molar-refractivity contribution in [3.05, 3.63) is 54.1 Å². The van der Waals surface area contributed by atoms with Gasteiger partial charge in [0.05, 0.1) is 17.9 Å². The highest BCUT2D eigenvalue weighted by molar-refractivity contribution is 7.90. The number of ether oxygens (including phenoxy) is 1. The van der Waals surface area contributed by atoms with Gasteiger partial charge in [-0.25, -0.2) is 8.42 Å². The summed E-state index contributed by atoms with van der Waals surface area (Å²) >= 11 is 0. The molecule has 0 bridgehead atoms. The Hall–Kier alpha value is -2.38. The number of benzene rings is 2. The lowest BCUT2D eigenvalue weighted by Gasteiger charge is -2.12. The van der Waals surface area contributed by atoms with E-state index in [0.29, 0.717) is 12.3 Å². The molecule has 0 aliphatic heterocycles. The second-order valence-corrected chi connectivity index (χ2v) is 7.84. The number of nitrogens with one attached hydrogen (secondary N) is 2. The van der Waals surface area contributed by atoms with E-state index < -0.39 is 9.84 Å². The van der Waals surface area contributed by atoms with Crippen molar-refractivity contribution in [1.82, 2.24) is 5.32 Å². The Labute approximate surface area is 154 Å². The van der Waals surface area contributed by atoms with E-state index in [0.717, 1.165) is 24.1 Å². The Morgan fingerprint density at radius 3 is 2.42 bits per heavy atom. The Morgan fingerprint density at radius 2 is 1.77 bits per heavy atom. The Kier molecular flexibility index (Phi) is 7.17. The summed E-state index contributed by atoms with van der Waals surface area (Å²) in [5.74, 6) is 0.388. The summed E-state index contributed by atoms with van der Waals surface area (Å²) in [5, 5.41) is 6.14. The van der Waals surface area contributed by atoms with Crippen LogP contribution in [0.15, 0.2) is 53.4 Å². The van der Waals surface area contributed by atoms with Crippen molar-refractivity contribution in [1.29, 1.82) is 0 Å². The number of sulfone groups is 1. The number of carbonyl (C=O) groups excluding carboxylic acids is 1. The van der Waals surface area contributed by atoms with E-state index in [1.165, 1.54) is 12.1 Å². The van der Waals surface area contributed by atoms with Crippen LogP contribution in [-0.4, -0.2) is 33.7 Å². The molecule has 1 amide bonds. The molecule has 6 nitrogen and oxygen atoms in total. The zero-order valence-corrected chi connectivity index (χ0v) is 15.8. The highest BCUT2D eigenvalue weighted by Gasteiger charge is 2.08. The standard InChI is InChI=1S/C19H24N2O4S/c1-3-20-14-15-6-4-5-7-18(15)21-19(22)12-13-25-16-8-10-17(11-9-16)26(2,23)24/h4-11,20H,3,12-14H2,1-2H3,(H,21,22). The van der Waals surface area contributed by atoms with Crippen molar-refractivity contribution in [2.24, 2.45) is 0 Å². The van der Waals surface area contributed by atoms with Gasteiger partial charge in [-0.05, 0) is 42.4 Å². The van der Waals surface area contributed by atoms with Gasteiger partial charge >= 0.3 is 0 Å². The van der Waals surface area contributed by atoms with Gasteiger partial charge in [0.2, 0.25) is 5.91 Å². The summed E-state index contributed by atoms with van der Waals surface area (Å²) in [7, 11) is -3.22. The lowest BCUT2D eigenvalue weighted by molar-refractivity contribution is -0.116. The largest absolute Gasteiger partial charge is 0.493 e. The van der Waals surface area contributed by atoms with Gasteiger partial charge in [-0.2, -0.15) is 0 Å². The van der Waals surface area contributed by atoms with Gasteiger partial charge < -0.3 is 15.4 Å². The van der Waals surface area contributed by atoms with Crippen molar-refractivity contribution >= 4 is 21.4 Å². The Bertz CT molecular complexity index is 833. The molecule has 7 heteroatoms. The van der Waals surface area contributed by atoms with Crippen molar-refractivity contribution in [2.45, 2.75) is 24.8 Å². The van der Waals surface area contributed by atoms with Crippen LogP contribution in [-0.2, 0) is 21.2 Å². The third-order valence-electron chi connectivity index (χ3n) is 3.71.